The molecule has 2 aliphatic rings. The van der Waals surface area contributed by atoms with E-state index in [2.05, 4.69) is 51.6 Å². The molecular formula is C26H41N7O2. The van der Waals surface area contributed by atoms with Crippen molar-refractivity contribution in [1.29, 1.82) is 0 Å². The van der Waals surface area contributed by atoms with Crippen LogP contribution in [0.25, 0.3) is 10.9 Å². The van der Waals surface area contributed by atoms with Crippen molar-refractivity contribution in [3.63, 3.8) is 0 Å². The van der Waals surface area contributed by atoms with E-state index in [1.165, 1.54) is 0 Å². The Morgan fingerprint density at radius 2 is 1.83 bits per heavy atom. The molecule has 1 aromatic carbocycles. The molecule has 0 spiro atoms. The zero-order valence-corrected chi connectivity index (χ0v) is 21.8. The Hall–Kier alpha value is -2.65. The predicted octanol–water partition coefficient (Wildman–Crippen LogP) is 2.36. The van der Waals surface area contributed by atoms with Crippen LogP contribution in [0.3, 0.4) is 0 Å². The first-order valence-electron chi connectivity index (χ1n) is 12.9. The van der Waals surface area contributed by atoms with Crippen LogP contribution in [0.1, 0.15) is 38.2 Å². The number of benzene rings is 1. The third-order valence-corrected chi connectivity index (χ3v) is 7.14. The molecular weight excluding hydrogens is 442 g/mol. The normalized spacial score (nSPS) is 18.5. The fraction of sp³-hybridized carbons (Fsp3) is 0.654. The smallest absolute Gasteiger partial charge is 0.227 e. The summed E-state index contributed by atoms with van der Waals surface area (Å²) >= 11 is 0. The minimum absolute atomic E-state index is 0.000534. The number of aryl methyl sites for hydroxylation is 1. The van der Waals surface area contributed by atoms with Crippen molar-refractivity contribution < 1.29 is 9.53 Å². The fourth-order valence-corrected chi connectivity index (χ4v) is 4.96. The van der Waals surface area contributed by atoms with E-state index in [0.717, 1.165) is 105 Å². The number of methoxy groups -OCH3 is 1. The molecule has 2 N–H and O–H groups in total. The van der Waals surface area contributed by atoms with Crippen molar-refractivity contribution in [2.24, 2.45) is 0 Å². The summed E-state index contributed by atoms with van der Waals surface area (Å²) in [7, 11) is 6.08. The summed E-state index contributed by atoms with van der Waals surface area (Å²) in [5.41, 5.74) is 2.05. The van der Waals surface area contributed by atoms with Gasteiger partial charge in [-0.2, -0.15) is 4.98 Å². The Morgan fingerprint density at radius 3 is 2.57 bits per heavy atom. The van der Waals surface area contributed by atoms with Crippen molar-refractivity contribution in [2.45, 2.75) is 45.1 Å². The number of rotatable bonds is 8. The number of likely N-dealkylation sites (N-methyl/N-ethyl adjacent to an activating group) is 1. The van der Waals surface area contributed by atoms with Crippen LogP contribution in [-0.4, -0.2) is 98.7 Å². The number of aromatic nitrogens is 2. The van der Waals surface area contributed by atoms with E-state index >= 15 is 0 Å². The summed E-state index contributed by atoms with van der Waals surface area (Å²) in [6, 6.07) is 4.63. The fourth-order valence-electron chi connectivity index (χ4n) is 4.96. The number of nitrogens with one attached hydrogen (secondary N) is 2. The molecule has 9 nitrogen and oxygen atoms in total. The highest BCUT2D eigenvalue weighted by molar-refractivity contribution is 5.92. The molecule has 35 heavy (non-hydrogen) atoms. The largest absolute Gasteiger partial charge is 0.496 e. The van der Waals surface area contributed by atoms with E-state index in [0.29, 0.717) is 12.6 Å². The number of hydrogen-bond acceptors (Lipinski definition) is 8. The van der Waals surface area contributed by atoms with E-state index in [4.69, 9.17) is 14.7 Å². The highest BCUT2D eigenvalue weighted by Gasteiger charge is 2.22. The summed E-state index contributed by atoms with van der Waals surface area (Å²) < 4.78 is 5.77. The Morgan fingerprint density at radius 1 is 1.06 bits per heavy atom. The minimum atomic E-state index is 0.000534. The van der Waals surface area contributed by atoms with Gasteiger partial charge >= 0.3 is 0 Å². The number of amides is 1. The van der Waals surface area contributed by atoms with E-state index in [-0.39, 0.29) is 5.91 Å². The van der Waals surface area contributed by atoms with Crippen LogP contribution in [0, 0.1) is 0 Å². The molecule has 1 aromatic heterocycles. The van der Waals surface area contributed by atoms with E-state index in [1.807, 2.05) is 0 Å². The van der Waals surface area contributed by atoms with Crippen LogP contribution in [0.5, 0.6) is 5.75 Å². The van der Waals surface area contributed by atoms with Crippen LogP contribution in [0.4, 0.5) is 11.8 Å². The summed E-state index contributed by atoms with van der Waals surface area (Å²) in [6.07, 6.45) is 4.96. The SMILES string of the molecule is COc1cc2c(NC3CCN(C)CC3)nc(N3CCCN(C)CC3)nc2cc1CCCNC(C)=O. The molecule has 192 valence electrons. The molecule has 0 radical (unpaired) electrons. The first kappa shape index (κ1) is 25.4. The molecule has 2 saturated heterocycles. The minimum Gasteiger partial charge on any atom is -0.496 e. The van der Waals surface area contributed by atoms with Gasteiger partial charge in [0.2, 0.25) is 11.9 Å². The first-order valence-corrected chi connectivity index (χ1v) is 12.9. The zero-order valence-electron chi connectivity index (χ0n) is 21.8. The molecule has 0 unspecified atom stereocenters. The predicted molar refractivity (Wildman–Crippen MR) is 142 cm³/mol. The lowest BCUT2D eigenvalue weighted by atomic mass is 10.0. The van der Waals surface area contributed by atoms with Gasteiger partial charge in [0.05, 0.1) is 12.6 Å². The van der Waals surface area contributed by atoms with Crippen molar-refractivity contribution >= 4 is 28.6 Å². The second-order valence-corrected chi connectivity index (χ2v) is 10.0. The second kappa shape index (κ2) is 11.9. The molecule has 0 saturated carbocycles. The highest BCUT2D eigenvalue weighted by Crippen LogP contribution is 2.32. The lowest BCUT2D eigenvalue weighted by Crippen LogP contribution is -2.37. The number of carbonyl (C=O) groups is 1. The molecule has 0 atom stereocenters. The quantitative estimate of drug-likeness (QED) is 0.554. The Labute approximate surface area is 209 Å². The number of hydrogen-bond donors (Lipinski definition) is 2. The Balaban J connectivity index is 1.67. The van der Waals surface area contributed by atoms with Gasteiger partial charge in [-0.15, -0.1) is 0 Å². The summed E-state index contributed by atoms with van der Waals surface area (Å²) in [4.78, 5) is 28.4. The van der Waals surface area contributed by atoms with Gasteiger partial charge in [0.15, 0.2) is 0 Å². The maximum atomic E-state index is 11.2. The molecule has 9 heteroatoms. The number of anilines is 2. The molecule has 2 aliphatic heterocycles. The number of likely N-dealkylation sites (tertiary alicyclic amines) is 1. The number of ether oxygens (including phenoxy) is 1. The van der Waals surface area contributed by atoms with E-state index < -0.39 is 0 Å². The monoisotopic (exact) mass is 483 g/mol. The second-order valence-electron chi connectivity index (χ2n) is 10.0. The number of nitrogens with zero attached hydrogens (tertiary/aromatic N) is 5. The standard InChI is InChI=1S/C26H41N7O2/c1-19(34)27-10-5-7-20-17-23-22(18-24(20)35-4)25(28-21-8-13-32(3)14-9-21)30-26(29-23)33-12-6-11-31(2)15-16-33/h17-18,21H,5-16H2,1-4H3,(H,27,34)(H,28,29,30). The summed E-state index contributed by atoms with van der Waals surface area (Å²) in [6.45, 7) is 8.38. The van der Waals surface area contributed by atoms with Gasteiger partial charge in [-0.3, -0.25) is 4.79 Å². The average molecular weight is 484 g/mol. The van der Waals surface area contributed by atoms with Gasteiger partial charge in [0.1, 0.15) is 11.6 Å². The number of piperidine rings is 1. The maximum absolute atomic E-state index is 11.2. The lowest BCUT2D eigenvalue weighted by Gasteiger charge is -2.30. The third-order valence-electron chi connectivity index (χ3n) is 7.14. The van der Waals surface area contributed by atoms with Crippen LogP contribution >= 0.6 is 0 Å². The highest BCUT2D eigenvalue weighted by atomic mass is 16.5. The summed E-state index contributed by atoms with van der Waals surface area (Å²) in [5, 5.41) is 7.65. The molecule has 2 fully saturated rings. The number of carbonyl (C=O) groups excluding carboxylic acids is 1. The van der Waals surface area contributed by atoms with Gasteiger partial charge < -0.3 is 30.1 Å². The Bertz CT molecular complexity index is 1010. The maximum Gasteiger partial charge on any atom is 0.227 e. The van der Waals surface area contributed by atoms with Crippen molar-refractivity contribution in [3.05, 3.63) is 17.7 Å². The molecule has 0 aliphatic carbocycles. The van der Waals surface area contributed by atoms with Gasteiger partial charge in [-0.1, -0.05) is 0 Å². The van der Waals surface area contributed by atoms with Crippen LogP contribution in [0.2, 0.25) is 0 Å². The zero-order chi connectivity index (χ0) is 24.8. The molecule has 2 aromatic rings. The number of fused-ring (bicyclic) bond motifs is 1. The molecule has 0 bridgehead atoms. The van der Waals surface area contributed by atoms with Gasteiger partial charge in [0.25, 0.3) is 0 Å². The molecule has 4 rings (SSSR count). The lowest BCUT2D eigenvalue weighted by molar-refractivity contribution is -0.118. The van der Waals surface area contributed by atoms with Crippen molar-refractivity contribution in [3.8, 4) is 5.75 Å². The van der Waals surface area contributed by atoms with Crippen LogP contribution in [0.15, 0.2) is 12.1 Å². The Kier molecular flexibility index (Phi) is 8.62. The molecule has 3 heterocycles. The topological polar surface area (TPSA) is 85.9 Å². The average Bonchev–Trinajstić information content (AvgIpc) is 3.07. The first-order chi connectivity index (χ1) is 16.9. The van der Waals surface area contributed by atoms with E-state index in [1.54, 1.807) is 14.0 Å². The van der Waals surface area contributed by atoms with Crippen LogP contribution in [-0.2, 0) is 11.2 Å². The van der Waals surface area contributed by atoms with Crippen LogP contribution < -0.4 is 20.3 Å². The third kappa shape index (κ3) is 6.73. The molecule has 1 amide bonds. The van der Waals surface area contributed by atoms with Gasteiger partial charge in [-0.05, 0) is 83.5 Å². The van der Waals surface area contributed by atoms with Gasteiger partial charge in [-0.25, -0.2) is 4.98 Å². The summed E-state index contributed by atoms with van der Waals surface area (Å²) in [5.74, 6) is 2.55. The van der Waals surface area contributed by atoms with Crippen molar-refractivity contribution in [2.75, 3.05) is 77.2 Å². The van der Waals surface area contributed by atoms with Gasteiger partial charge in [0, 0.05) is 44.5 Å². The van der Waals surface area contributed by atoms with E-state index in [9.17, 15) is 4.79 Å². The van der Waals surface area contributed by atoms with Crippen molar-refractivity contribution in [1.82, 2.24) is 25.1 Å².